The van der Waals surface area contributed by atoms with Crippen LogP contribution in [0.25, 0.3) is 4.96 Å². The lowest BCUT2D eigenvalue weighted by molar-refractivity contribution is 0.200. The fraction of sp³-hybridized carbons (Fsp3) is 0.308. The maximum Gasteiger partial charge on any atom is 0.234 e. The summed E-state index contributed by atoms with van der Waals surface area (Å²) in [5.41, 5.74) is 0. The summed E-state index contributed by atoms with van der Waals surface area (Å²) < 4.78 is 12.5. The van der Waals surface area contributed by atoms with Gasteiger partial charge >= 0.3 is 0 Å². The molecule has 0 N–H and O–H groups in total. The van der Waals surface area contributed by atoms with Crippen LogP contribution in [0.3, 0.4) is 0 Å². The monoisotopic (exact) mass is 290 g/mol. The number of fused-ring (bicyclic) bond motifs is 1. The molecule has 0 saturated carbocycles. The van der Waals surface area contributed by atoms with Gasteiger partial charge in [-0.2, -0.15) is 9.61 Å². The van der Waals surface area contributed by atoms with Crippen LogP contribution in [-0.2, 0) is 17.8 Å². The minimum absolute atomic E-state index is 0.432. The number of nitrogens with zero attached hydrogens (tertiary/aromatic N) is 4. The van der Waals surface area contributed by atoms with Crippen LogP contribution in [0.2, 0.25) is 0 Å². The molecule has 3 aromatic rings. The van der Waals surface area contributed by atoms with E-state index in [-0.39, 0.29) is 0 Å². The Labute approximate surface area is 120 Å². The van der Waals surface area contributed by atoms with Gasteiger partial charge in [-0.05, 0) is 12.1 Å². The molecule has 0 unspecified atom stereocenters. The van der Waals surface area contributed by atoms with Gasteiger partial charge in [-0.3, -0.25) is 0 Å². The average Bonchev–Trinajstić information content (AvgIpc) is 3.04. The molecule has 0 atom stereocenters. The fourth-order valence-corrected chi connectivity index (χ4v) is 2.53. The first kappa shape index (κ1) is 13.0. The van der Waals surface area contributed by atoms with Crippen LogP contribution in [-0.4, -0.2) is 33.5 Å². The van der Waals surface area contributed by atoms with E-state index in [4.69, 9.17) is 9.47 Å². The molecule has 0 aliphatic heterocycles. The van der Waals surface area contributed by atoms with E-state index < -0.39 is 0 Å². The van der Waals surface area contributed by atoms with Gasteiger partial charge in [-0.15, -0.1) is 10.2 Å². The number of para-hydroxylation sites is 1. The van der Waals surface area contributed by atoms with E-state index >= 15 is 0 Å². The molecule has 3 rings (SSSR count). The number of hydrogen-bond acceptors (Lipinski definition) is 6. The van der Waals surface area contributed by atoms with E-state index in [0.29, 0.717) is 19.6 Å². The first-order chi connectivity index (χ1) is 9.86. The molecule has 0 fully saturated rings. The molecule has 1 aromatic carbocycles. The van der Waals surface area contributed by atoms with Gasteiger partial charge in [0.2, 0.25) is 4.96 Å². The third-order valence-corrected chi connectivity index (χ3v) is 3.60. The van der Waals surface area contributed by atoms with E-state index in [1.807, 2.05) is 30.3 Å². The van der Waals surface area contributed by atoms with E-state index in [1.54, 1.807) is 11.6 Å². The second-order valence-corrected chi connectivity index (χ2v) is 5.19. The van der Waals surface area contributed by atoms with Crippen molar-refractivity contribution in [3.63, 3.8) is 0 Å². The van der Waals surface area contributed by atoms with Crippen molar-refractivity contribution >= 4 is 16.3 Å². The lowest BCUT2D eigenvalue weighted by Gasteiger charge is -2.02. The van der Waals surface area contributed by atoms with Gasteiger partial charge in [0.15, 0.2) is 10.8 Å². The SMILES string of the molecule is COCCc1nnc2sc(COc3ccccc3)nn12. The normalized spacial score (nSPS) is 11.1. The van der Waals surface area contributed by atoms with Gasteiger partial charge in [0, 0.05) is 13.5 Å². The van der Waals surface area contributed by atoms with Crippen molar-refractivity contribution in [2.45, 2.75) is 13.0 Å². The van der Waals surface area contributed by atoms with Crippen molar-refractivity contribution in [2.75, 3.05) is 13.7 Å². The Kier molecular flexibility index (Phi) is 3.89. The summed E-state index contributed by atoms with van der Waals surface area (Å²) >= 11 is 1.48. The maximum atomic E-state index is 5.67. The third kappa shape index (κ3) is 2.78. The molecule has 7 heteroatoms. The number of ether oxygens (including phenoxy) is 2. The van der Waals surface area contributed by atoms with Crippen LogP contribution in [0.5, 0.6) is 5.75 Å². The van der Waals surface area contributed by atoms with Crippen LogP contribution in [0.1, 0.15) is 10.8 Å². The third-order valence-electron chi connectivity index (χ3n) is 2.73. The molecule has 0 radical (unpaired) electrons. The van der Waals surface area contributed by atoms with Crippen LogP contribution >= 0.6 is 11.3 Å². The fourth-order valence-electron chi connectivity index (χ4n) is 1.77. The van der Waals surface area contributed by atoms with Gasteiger partial charge in [-0.25, -0.2) is 0 Å². The van der Waals surface area contributed by atoms with Crippen molar-refractivity contribution in [2.24, 2.45) is 0 Å². The highest BCUT2D eigenvalue weighted by molar-refractivity contribution is 7.16. The molecule has 0 aliphatic rings. The number of methoxy groups -OCH3 is 1. The van der Waals surface area contributed by atoms with Crippen LogP contribution in [0, 0.1) is 0 Å². The quantitative estimate of drug-likeness (QED) is 0.694. The molecule has 2 heterocycles. The summed E-state index contributed by atoms with van der Waals surface area (Å²) in [6, 6.07) is 9.68. The van der Waals surface area contributed by atoms with Gasteiger partial charge in [0.25, 0.3) is 0 Å². The molecule has 0 aliphatic carbocycles. The Hall–Kier alpha value is -1.99. The van der Waals surface area contributed by atoms with E-state index in [1.165, 1.54) is 11.3 Å². The molecule has 0 amide bonds. The number of rotatable bonds is 6. The second-order valence-electron chi connectivity index (χ2n) is 4.15. The van der Waals surface area contributed by atoms with Gasteiger partial charge in [-0.1, -0.05) is 29.5 Å². The van der Waals surface area contributed by atoms with Gasteiger partial charge in [0.1, 0.15) is 12.4 Å². The summed E-state index contributed by atoms with van der Waals surface area (Å²) in [6.07, 6.45) is 0.695. The van der Waals surface area contributed by atoms with Crippen molar-refractivity contribution in [3.05, 3.63) is 41.2 Å². The van der Waals surface area contributed by atoms with Crippen molar-refractivity contribution in [1.29, 1.82) is 0 Å². The molecule has 6 nitrogen and oxygen atoms in total. The minimum Gasteiger partial charge on any atom is -0.486 e. The van der Waals surface area contributed by atoms with Gasteiger partial charge in [0.05, 0.1) is 6.61 Å². The molecule has 0 bridgehead atoms. The van der Waals surface area contributed by atoms with E-state index in [2.05, 4.69) is 15.3 Å². The largest absolute Gasteiger partial charge is 0.486 e. The smallest absolute Gasteiger partial charge is 0.234 e. The number of benzene rings is 1. The lowest BCUT2D eigenvalue weighted by atomic mass is 10.3. The Morgan fingerprint density at radius 3 is 2.85 bits per heavy atom. The highest BCUT2D eigenvalue weighted by Gasteiger charge is 2.11. The Morgan fingerprint density at radius 2 is 2.05 bits per heavy atom. The summed E-state index contributed by atoms with van der Waals surface area (Å²) in [6.45, 7) is 1.04. The number of aromatic nitrogens is 4. The Morgan fingerprint density at radius 1 is 1.20 bits per heavy atom. The first-order valence-corrected chi connectivity index (χ1v) is 7.05. The maximum absolute atomic E-state index is 5.67. The van der Waals surface area contributed by atoms with Crippen LogP contribution in [0.4, 0.5) is 0 Å². The average molecular weight is 290 g/mol. The topological polar surface area (TPSA) is 61.5 Å². The number of hydrogen-bond donors (Lipinski definition) is 0. The predicted molar refractivity (Wildman–Crippen MR) is 75.0 cm³/mol. The standard InChI is InChI=1S/C13H14N4O2S/c1-18-8-7-11-14-15-13-17(11)16-12(20-13)9-19-10-5-3-2-4-6-10/h2-6H,7-9H2,1H3. The summed E-state index contributed by atoms with van der Waals surface area (Å²) in [5, 5.41) is 13.5. The van der Waals surface area contributed by atoms with Crippen molar-refractivity contribution in [3.8, 4) is 5.75 Å². The second kappa shape index (κ2) is 5.98. The predicted octanol–water partition coefficient (Wildman–Crippen LogP) is 1.95. The zero-order chi connectivity index (χ0) is 13.8. The van der Waals surface area contributed by atoms with Crippen molar-refractivity contribution in [1.82, 2.24) is 19.8 Å². The summed E-state index contributed by atoms with van der Waals surface area (Å²) in [4.78, 5) is 0.780. The van der Waals surface area contributed by atoms with Crippen LogP contribution in [0.15, 0.2) is 30.3 Å². The minimum atomic E-state index is 0.432. The van der Waals surface area contributed by atoms with E-state index in [0.717, 1.165) is 21.5 Å². The lowest BCUT2D eigenvalue weighted by Crippen LogP contribution is -2.02. The molecule has 20 heavy (non-hydrogen) atoms. The highest BCUT2D eigenvalue weighted by Crippen LogP contribution is 2.17. The molecule has 0 spiro atoms. The molecule has 0 saturated heterocycles. The summed E-state index contributed by atoms with van der Waals surface area (Å²) in [7, 11) is 1.67. The zero-order valence-corrected chi connectivity index (χ0v) is 11.8. The molecular formula is C13H14N4O2S. The Bertz CT molecular complexity index is 680. The molecule has 104 valence electrons. The molecule has 2 aromatic heterocycles. The van der Waals surface area contributed by atoms with Crippen molar-refractivity contribution < 1.29 is 9.47 Å². The van der Waals surface area contributed by atoms with Crippen LogP contribution < -0.4 is 4.74 Å². The summed E-state index contributed by atoms with van der Waals surface area (Å²) in [5.74, 6) is 1.64. The Balaban J connectivity index is 1.71. The first-order valence-electron chi connectivity index (χ1n) is 6.23. The van der Waals surface area contributed by atoms with E-state index in [9.17, 15) is 0 Å². The highest BCUT2D eigenvalue weighted by atomic mass is 32.1. The zero-order valence-electron chi connectivity index (χ0n) is 11.0. The van der Waals surface area contributed by atoms with Gasteiger partial charge < -0.3 is 9.47 Å². The molecular weight excluding hydrogens is 276 g/mol.